The first-order chi connectivity index (χ1) is 11.7. The van der Waals surface area contributed by atoms with Crippen molar-refractivity contribution in [3.63, 3.8) is 0 Å². The number of rotatable bonds is 5. The van der Waals surface area contributed by atoms with Gasteiger partial charge in [0.05, 0.1) is 16.3 Å². The Morgan fingerprint density at radius 3 is 2.60 bits per heavy atom. The highest BCUT2D eigenvalue weighted by atomic mass is 35.5. The summed E-state index contributed by atoms with van der Waals surface area (Å²) in [7, 11) is 0. The first-order valence-electron chi connectivity index (χ1n) is 7.48. The molecule has 1 aromatic carbocycles. The van der Waals surface area contributed by atoms with E-state index in [4.69, 9.17) is 11.6 Å². The molecule has 0 aliphatic rings. The van der Waals surface area contributed by atoms with Crippen molar-refractivity contribution in [3.8, 4) is 0 Å². The van der Waals surface area contributed by atoms with Crippen LogP contribution in [0.25, 0.3) is 0 Å². The molecule has 0 saturated carbocycles. The number of nitrogens with zero attached hydrogens (tertiary/aromatic N) is 2. The van der Waals surface area contributed by atoms with Crippen LogP contribution in [0.5, 0.6) is 0 Å². The standard InChI is InChI=1S/C16H16ClF3N4O/c1-3-6-21-14(25)13-7-9(2)22-15(24-13)23-12-8-10(16(18,19)20)4-5-11(12)17/h4-5,7-8H,3,6H2,1-2H3,(H,21,25)(H,22,23,24). The molecule has 0 aliphatic heterocycles. The number of halogens is 4. The Hall–Kier alpha value is -2.35. The van der Waals surface area contributed by atoms with E-state index in [1.165, 1.54) is 6.07 Å². The summed E-state index contributed by atoms with van der Waals surface area (Å²) in [6.45, 7) is 4.05. The quantitative estimate of drug-likeness (QED) is 0.819. The monoisotopic (exact) mass is 372 g/mol. The first kappa shape index (κ1) is 19.0. The lowest BCUT2D eigenvalue weighted by atomic mass is 10.2. The molecule has 0 unspecified atom stereocenters. The van der Waals surface area contributed by atoms with Crippen molar-refractivity contribution in [1.29, 1.82) is 0 Å². The SMILES string of the molecule is CCCNC(=O)c1cc(C)nc(Nc2cc(C(F)(F)F)ccc2Cl)n1. The van der Waals surface area contributed by atoms with Crippen LogP contribution in [0, 0.1) is 6.92 Å². The summed E-state index contributed by atoms with van der Waals surface area (Å²) < 4.78 is 38.5. The molecule has 1 aromatic heterocycles. The van der Waals surface area contributed by atoms with E-state index in [-0.39, 0.29) is 28.3 Å². The van der Waals surface area contributed by atoms with Crippen molar-refractivity contribution in [3.05, 3.63) is 46.2 Å². The molecule has 0 aliphatic carbocycles. The maximum Gasteiger partial charge on any atom is 0.416 e. The highest BCUT2D eigenvalue weighted by Crippen LogP contribution is 2.34. The van der Waals surface area contributed by atoms with E-state index in [0.717, 1.165) is 24.6 Å². The number of alkyl halides is 3. The number of aryl methyl sites for hydroxylation is 1. The zero-order valence-electron chi connectivity index (χ0n) is 13.5. The molecule has 5 nitrogen and oxygen atoms in total. The Bertz CT molecular complexity index is 780. The van der Waals surface area contributed by atoms with Crippen molar-refractivity contribution < 1.29 is 18.0 Å². The number of aromatic nitrogens is 2. The van der Waals surface area contributed by atoms with Gasteiger partial charge in [-0.15, -0.1) is 0 Å². The van der Waals surface area contributed by atoms with Crippen LogP contribution in [0.3, 0.4) is 0 Å². The third kappa shape index (κ3) is 5.06. The lowest BCUT2D eigenvalue weighted by Crippen LogP contribution is -2.25. The van der Waals surface area contributed by atoms with Crippen LogP contribution in [-0.2, 0) is 6.18 Å². The summed E-state index contributed by atoms with van der Waals surface area (Å²) in [5.41, 5.74) is -0.247. The zero-order valence-corrected chi connectivity index (χ0v) is 14.3. The molecule has 2 N–H and O–H groups in total. The number of amides is 1. The average Bonchev–Trinajstić information content (AvgIpc) is 2.53. The molecule has 1 heterocycles. The van der Waals surface area contributed by atoms with Gasteiger partial charge in [-0.05, 0) is 37.6 Å². The molecule has 1 amide bonds. The van der Waals surface area contributed by atoms with Gasteiger partial charge in [0.2, 0.25) is 5.95 Å². The number of nitrogens with one attached hydrogen (secondary N) is 2. The largest absolute Gasteiger partial charge is 0.416 e. The van der Waals surface area contributed by atoms with E-state index in [2.05, 4.69) is 20.6 Å². The van der Waals surface area contributed by atoms with Gasteiger partial charge in [0, 0.05) is 12.2 Å². The van der Waals surface area contributed by atoms with Crippen molar-refractivity contribution in [1.82, 2.24) is 15.3 Å². The van der Waals surface area contributed by atoms with Crippen molar-refractivity contribution in [2.24, 2.45) is 0 Å². The van der Waals surface area contributed by atoms with Crippen molar-refractivity contribution >= 4 is 29.1 Å². The smallest absolute Gasteiger partial charge is 0.351 e. The minimum absolute atomic E-state index is 0.00186. The predicted octanol–water partition coefficient (Wildman–Crippen LogP) is 4.34. The van der Waals surface area contributed by atoms with Gasteiger partial charge < -0.3 is 10.6 Å². The molecular weight excluding hydrogens is 357 g/mol. The van der Waals surface area contributed by atoms with E-state index in [9.17, 15) is 18.0 Å². The third-order valence-electron chi connectivity index (χ3n) is 3.16. The van der Waals surface area contributed by atoms with Gasteiger partial charge in [-0.1, -0.05) is 18.5 Å². The molecule has 2 rings (SSSR count). The topological polar surface area (TPSA) is 66.9 Å². The van der Waals surface area contributed by atoms with Crippen LogP contribution in [-0.4, -0.2) is 22.4 Å². The Labute approximate surface area is 147 Å². The van der Waals surface area contributed by atoms with E-state index in [0.29, 0.717) is 12.2 Å². The van der Waals surface area contributed by atoms with Crippen LogP contribution in [0.4, 0.5) is 24.8 Å². The highest BCUT2D eigenvalue weighted by molar-refractivity contribution is 6.33. The molecule has 25 heavy (non-hydrogen) atoms. The molecule has 0 bridgehead atoms. The lowest BCUT2D eigenvalue weighted by molar-refractivity contribution is -0.137. The molecule has 0 atom stereocenters. The summed E-state index contributed by atoms with van der Waals surface area (Å²) in [6.07, 6.45) is -3.74. The van der Waals surface area contributed by atoms with Gasteiger partial charge in [0.25, 0.3) is 5.91 Å². The number of anilines is 2. The summed E-state index contributed by atoms with van der Waals surface area (Å²) in [5, 5.41) is 5.40. The summed E-state index contributed by atoms with van der Waals surface area (Å²) in [6, 6.07) is 4.38. The van der Waals surface area contributed by atoms with Gasteiger partial charge in [0.1, 0.15) is 5.69 Å². The van der Waals surface area contributed by atoms with Gasteiger partial charge in [-0.3, -0.25) is 4.79 Å². The fourth-order valence-corrected chi connectivity index (χ4v) is 2.15. The molecule has 9 heteroatoms. The number of hydrogen-bond donors (Lipinski definition) is 2. The van der Waals surface area contributed by atoms with E-state index >= 15 is 0 Å². The van der Waals surface area contributed by atoms with Crippen LogP contribution in [0.2, 0.25) is 5.02 Å². The minimum atomic E-state index is -4.50. The second-order valence-electron chi connectivity index (χ2n) is 5.29. The molecule has 0 fully saturated rings. The van der Waals surface area contributed by atoms with Crippen molar-refractivity contribution in [2.75, 3.05) is 11.9 Å². The zero-order chi connectivity index (χ0) is 18.6. The van der Waals surface area contributed by atoms with E-state index in [1.807, 2.05) is 6.92 Å². The maximum absolute atomic E-state index is 12.8. The van der Waals surface area contributed by atoms with E-state index in [1.54, 1.807) is 6.92 Å². The molecule has 0 saturated heterocycles. The third-order valence-corrected chi connectivity index (χ3v) is 3.49. The molecule has 0 spiro atoms. The number of carbonyl (C=O) groups is 1. The van der Waals surface area contributed by atoms with Crippen molar-refractivity contribution in [2.45, 2.75) is 26.4 Å². The fraction of sp³-hybridized carbons (Fsp3) is 0.312. The number of benzene rings is 1. The number of carbonyl (C=O) groups excluding carboxylic acids is 1. The normalized spacial score (nSPS) is 11.3. The van der Waals surface area contributed by atoms with Crippen LogP contribution >= 0.6 is 11.6 Å². The van der Waals surface area contributed by atoms with Crippen LogP contribution in [0.15, 0.2) is 24.3 Å². The van der Waals surface area contributed by atoms with Gasteiger partial charge in [0.15, 0.2) is 0 Å². The Kier molecular flexibility index (Phi) is 5.84. The second kappa shape index (κ2) is 7.69. The minimum Gasteiger partial charge on any atom is -0.351 e. The molecule has 134 valence electrons. The lowest BCUT2D eigenvalue weighted by Gasteiger charge is -2.12. The Balaban J connectivity index is 2.31. The van der Waals surface area contributed by atoms with Gasteiger partial charge >= 0.3 is 6.18 Å². The summed E-state index contributed by atoms with van der Waals surface area (Å²) >= 11 is 5.94. The van der Waals surface area contributed by atoms with E-state index < -0.39 is 11.7 Å². The maximum atomic E-state index is 12.8. The van der Waals surface area contributed by atoms with Crippen LogP contribution < -0.4 is 10.6 Å². The molecular formula is C16H16ClF3N4O. The Morgan fingerprint density at radius 1 is 1.24 bits per heavy atom. The average molecular weight is 373 g/mol. The molecule has 0 radical (unpaired) electrons. The Morgan fingerprint density at radius 2 is 1.96 bits per heavy atom. The van der Waals surface area contributed by atoms with Crippen LogP contribution in [0.1, 0.15) is 35.1 Å². The summed E-state index contributed by atoms with van der Waals surface area (Å²) in [5.74, 6) is -0.395. The second-order valence-corrected chi connectivity index (χ2v) is 5.70. The molecule has 2 aromatic rings. The fourth-order valence-electron chi connectivity index (χ4n) is 1.99. The van der Waals surface area contributed by atoms with Gasteiger partial charge in [-0.25, -0.2) is 9.97 Å². The first-order valence-corrected chi connectivity index (χ1v) is 7.86. The predicted molar refractivity (Wildman–Crippen MR) is 89.1 cm³/mol. The summed E-state index contributed by atoms with van der Waals surface area (Å²) in [4.78, 5) is 20.1. The van der Waals surface area contributed by atoms with Gasteiger partial charge in [-0.2, -0.15) is 13.2 Å². The highest BCUT2D eigenvalue weighted by Gasteiger charge is 2.31. The number of hydrogen-bond acceptors (Lipinski definition) is 4.